The number of carbonyl (C=O) groups excluding carboxylic acids is 1. The first kappa shape index (κ1) is 13.6. The lowest BCUT2D eigenvalue weighted by molar-refractivity contribution is -0.128. The second-order valence-electron chi connectivity index (χ2n) is 6.20. The Balaban J connectivity index is 1.52. The van der Waals surface area contributed by atoms with Crippen LogP contribution in [0.2, 0.25) is 0 Å². The molecule has 3 rings (SSSR count). The van der Waals surface area contributed by atoms with Gasteiger partial charge in [-0.25, -0.2) is 0 Å². The van der Waals surface area contributed by atoms with Crippen molar-refractivity contribution in [1.29, 1.82) is 0 Å². The van der Waals surface area contributed by atoms with Crippen molar-refractivity contribution in [2.75, 3.05) is 13.1 Å². The summed E-state index contributed by atoms with van der Waals surface area (Å²) < 4.78 is 0. The van der Waals surface area contributed by atoms with Crippen molar-refractivity contribution in [2.45, 2.75) is 44.7 Å². The standard InChI is InChI=1S/C17H24N2O/c1-13(14-6-3-2-4-7-14)19-11-10-16(12-19)18-17(20)15-8-5-9-15/h2-4,6-7,13,15-16H,5,8-12H2,1H3,(H,18,20). The van der Waals surface area contributed by atoms with Gasteiger partial charge in [-0.2, -0.15) is 0 Å². The van der Waals surface area contributed by atoms with E-state index >= 15 is 0 Å². The molecule has 2 unspecified atom stereocenters. The van der Waals surface area contributed by atoms with E-state index in [2.05, 4.69) is 47.5 Å². The maximum Gasteiger partial charge on any atom is 0.223 e. The Labute approximate surface area is 121 Å². The van der Waals surface area contributed by atoms with Gasteiger partial charge in [-0.05, 0) is 31.7 Å². The van der Waals surface area contributed by atoms with Crippen LogP contribution in [0, 0.1) is 5.92 Å². The minimum absolute atomic E-state index is 0.287. The van der Waals surface area contributed by atoms with Gasteiger partial charge in [0.2, 0.25) is 5.91 Å². The first-order valence-corrected chi connectivity index (χ1v) is 7.83. The first-order chi connectivity index (χ1) is 9.74. The first-order valence-electron chi connectivity index (χ1n) is 7.83. The summed E-state index contributed by atoms with van der Waals surface area (Å²) in [5, 5.41) is 3.24. The van der Waals surface area contributed by atoms with Crippen LogP contribution in [0.4, 0.5) is 0 Å². The highest BCUT2D eigenvalue weighted by atomic mass is 16.2. The molecule has 1 saturated carbocycles. The summed E-state index contributed by atoms with van der Waals surface area (Å²) in [5.74, 6) is 0.589. The van der Waals surface area contributed by atoms with E-state index in [1.54, 1.807) is 0 Å². The Hall–Kier alpha value is -1.35. The van der Waals surface area contributed by atoms with Gasteiger partial charge in [0.1, 0.15) is 0 Å². The third kappa shape index (κ3) is 2.88. The third-order valence-electron chi connectivity index (χ3n) is 4.87. The normalized spacial score (nSPS) is 25.1. The molecule has 3 heteroatoms. The van der Waals surface area contributed by atoms with Crippen LogP contribution in [0.3, 0.4) is 0 Å². The summed E-state index contributed by atoms with van der Waals surface area (Å²) in [6, 6.07) is 11.4. The fraction of sp³-hybridized carbons (Fsp3) is 0.588. The van der Waals surface area contributed by atoms with E-state index in [4.69, 9.17) is 0 Å². The summed E-state index contributed by atoms with van der Waals surface area (Å²) in [4.78, 5) is 14.5. The molecule has 108 valence electrons. The van der Waals surface area contributed by atoms with Crippen molar-refractivity contribution in [1.82, 2.24) is 10.2 Å². The molecule has 1 amide bonds. The summed E-state index contributed by atoms with van der Waals surface area (Å²) >= 11 is 0. The second kappa shape index (κ2) is 5.96. The number of amides is 1. The number of hydrogen-bond acceptors (Lipinski definition) is 2. The average Bonchev–Trinajstić information content (AvgIpc) is 2.85. The molecule has 2 atom stereocenters. The van der Waals surface area contributed by atoms with Crippen molar-refractivity contribution < 1.29 is 4.79 Å². The van der Waals surface area contributed by atoms with E-state index < -0.39 is 0 Å². The molecule has 2 fully saturated rings. The molecule has 0 aromatic heterocycles. The molecule has 2 aliphatic rings. The molecule has 1 heterocycles. The van der Waals surface area contributed by atoms with Gasteiger partial charge in [0.25, 0.3) is 0 Å². The summed E-state index contributed by atoms with van der Waals surface area (Å²) in [6.45, 7) is 4.31. The lowest BCUT2D eigenvalue weighted by Crippen LogP contribution is -2.42. The molecule has 20 heavy (non-hydrogen) atoms. The molecule has 1 aliphatic carbocycles. The molecule has 1 saturated heterocycles. The number of benzene rings is 1. The third-order valence-corrected chi connectivity index (χ3v) is 4.87. The Morgan fingerprint density at radius 1 is 1.25 bits per heavy atom. The van der Waals surface area contributed by atoms with Crippen molar-refractivity contribution in [3.63, 3.8) is 0 Å². The maximum absolute atomic E-state index is 12.0. The van der Waals surface area contributed by atoms with Gasteiger partial charge in [-0.3, -0.25) is 9.69 Å². The van der Waals surface area contributed by atoms with E-state index in [0.29, 0.717) is 18.0 Å². The summed E-state index contributed by atoms with van der Waals surface area (Å²) in [7, 11) is 0. The highest BCUT2D eigenvalue weighted by Crippen LogP contribution is 2.28. The molecular formula is C17H24N2O. The van der Waals surface area contributed by atoms with Crippen LogP contribution in [0.1, 0.15) is 44.2 Å². The van der Waals surface area contributed by atoms with Gasteiger partial charge in [0.05, 0.1) is 0 Å². The number of nitrogens with zero attached hydrogens (tertiary/aromatic N) is 1. The zero-order chi connectivity index (χ0) is 13.9. The van der Waals surface area contributed by atoms with Crippen LogP contribution in [0.5, 0.6) is 0 Å². The van der Waals surface area contributed by atoms with Crippen molar-refractivity contribution in [3.8, 4) is 0 Å². The van der Waals surface area contributed by atoms with Gasteiger partial charge in [-0.15, -0.1) is 0 Å². The molecule has 0 bridgehead atoms. The number of carbonyl (C=O) groups is 1. The number of hydrogen-bond donors (Lipinski definition) is 1. The van der Waals surface area contributed by atoms with Crippen LogP contribution >= 0.6 is 0 Å². The van der Waals surface area contributed by atoms with E-state index in [0.717, 1.165) is 32.4 Å². The summed E-state index contributed by atoms with van der Waals surface area (Å²) in [6.07, 6.45) is 4.47. The zero-order valence-corrected chi connectivity index (χ0v) is 12.2. The summed E-state index contributed by atoms with van der Waals surface area (Å²) in [5.41, 5.74) is 1.36. The molecule has 1 aromatic carbocycles. The fourth-order valence-electron chi connectivity index (χ4n) is 3.19. The van der Waals surface area contributed by atoms with Crippen molar-refractivity contribution in [3.05, 3.63) is 35.9 Å². The van der Waals surface area contributed by atoms with Gasteiger partial charge in [0.15, 0.2) is 0 Å². The van der Waals surface area contributed by atoms with Crippen LogP contribution < -0.4 is 5.32 Å². The predicted octanol–water partition coefficient (Wildman–Crippen LogP) is 2.74. The number of likely N-dealkylation sites (tertiary alicyclic amines) is 1. The van der Waals surface area contributed by atoms with Gasteiger partial charge >= 0.3 is 0 Å². The van der Waals surface area contributed by atoms with Crippen molar-refractivity contribution >= 4 is 5.91 Å². The Bertz CT molecular complexity index is 455. The fourth-order valence-corrected chi connectivity index (χ4v) is 3.19. The quantitative estimate of drug-likeness (QED) is 0.914. The largest absolute Gasteiger partial charge is 0.352 e. The molecule has 0 radical (unpaired) electrons. The van der Waals surface area contributed by atoms with Gasteiger partial charge in [0, 0.05) is 31.1 Å². The lowest BCUT2D eigenvalue weighted by atomic mass is 9.84. The Morgan fingerprint density at radius 3 is 2.65 bits per heavy atom. The molecular weight excluding hydrogens is 248 g/mol. The minimum Gasteiger partial charge on any atom is -0.352 e. The SMILES string of the molecule is CC(c1ccccc1)N1CCC(NC(=O)C2CCC2)C1. The second-order valence-corrected chi connectivity index (χ2v) is 6.20. The van der Waals surface area contributed by atoms with E-state index in [1.165, 1.54) is 12.0 Å². The lowest BCUT2D eigenvalue weighted by Gasteiger charge is -2.27. The number of nitrogens with one attached hydrogen (secondary N) is 1. The molecule has 1 aliphatic heterocycles. The monoisotopic (exact) mass is 272 g/mol. The van der Waals surface area contributed by atoms with E-state index in [9.17, 15) is 4.79 Å². The molecule has 1 N–H and O–H groups in total. The van der Waals surface area contributed by atoms with Crippen LogP contribution in [-0.4, -0.2) is 29.9 Å². The minimum atomic E-state index is 0.287. The van der Waals surface area contributed by atoms with Crippen LogP contribution in [0.25, 0.3) is 0 Å². The van der Waals surface area contributed by atoms with Gasteiger partial charge < -0.3 is 5.32 Å². The van der Waals surface area contributed by atoms with Gasteiger partial charge in [-0.1, -0.05) is 36.8 Å². The molecule has 1 aromatic rings. The smallest absolute Gasteiger partial charge is 0.223 e. The number of rotatable bonds is 4. The van der Waals surface area contributed by atoms with E-state index in [-0.39, 0.29) is 5.91 Å². The molecule has 0 spiro atoms. The van der Waals surface area contributed by atoms with Crippen LogP contribution in [0.15, 0.2) is 30.3 Å². The average molecular weight is 272 g/mol. The maximum atomic E-state index is 12.0. The topological polar surface area (TPSA) is 32.3 Å². The van der Waals surface area contributed by atoms with Crippen LogP contribution in [-0.2, 0) is 4.79 Å². The highest BCUT2D eigenvalue weighted by molar-refractivity contribution is 5.79. The highest BCUT2D eigenvalue weighted by Gasteiger charge is 2.31. The Kier molecular flexibility index (Phi) is 4.06. The zero-order valence-electron chi connectivity index (χ0n) is 12.2. The molecule has 3 nitrogen and oxygen atoms in total. The van der Waals surface area contributed by atoms with E-state index in [1.807, 2.05) is 0 Å². The predicted molar refractivity (Wildman–Crippen MR) is 80.3 cm³/mol. The Morgan fingerprint density at radius 2 is 2.00 bits per heavy atom. The van der Waals surface area contributed by atoms with Crippen molar-refractivity contribution in [2.24, 2.45) is 5.92 Å².